The first-order valence-corrected chi connectivity index (χ1v) is 7.30. The van der Waals surface area contributed by atoms with Crippen molar-refractivity contribution in [1.82, 2.24) is 0 Å². The highest BCUT2D eigenvalue weighted by Gasteiger charge is 2.33. The fraction of sp³-hybridized carbons (Fsp3) is 0.118. The van der Waals surface area contributed by atoms with Gasteiger partial charge in [0, 0.05) is 11.1 Å². The molecule has 3 rings (SSSR count). The van der Waals surface area contributed by atoms with Crippen molar-refractivity contribution in [2.75, 3.05) is 5.32 Å². The lowest BCUT2D eigenvalue weighted by Gasteiger charge is -2.11. The summed E-state index contributed by atoms with van der Waals surface area (Å²) in [6, 6.07) is 10.1. The number of carbonyl (C=O) groups excluding carboxylic acids is 1. The monoisotopic (exact) mass is 353 g/mol. The van der Waals surface area contributed by atoms with Crippen molar-refractivity contribution in [1.29, 1.82) is 0 Å². The number of carbonyl (C=O) groups is 1. The van der Waals surface area contributed by atoms with Crippen molar-refractivity contribution in [2.45, 2.75) is 13.1 Å². The molecule has 0 radical (unpaired) electrons. The van der Waals surface area contributed by atoms with Gasteiger partial charge in [-0.1, -0.05) is 23.7 Å². The van der Waals surface area contributed by atoms with Crippen LogP contribution in [0, 0.1) is 6.92 Å². The normalized spacial score (nSPS) is 11.7. The third-order valence-electron chi connectivity index (χ3n) is 3.43. The second-order valence-corrected chi connectivity index (χ2v) is 5.71. The van der Waals surface area contributed by atoms with Crippen molar-refractivity contribution in [3.8, 4) is 0 Å². The zero-order valence-electron chi connectivity index (χ0n) is 12.4. The predicted octanol–water partition coefficient (Wildman–Crippen LogP) is 5.67. The van der Waals surface area contributed by atoms with E-state index in [1.54, 1.807) is 12.1 Å². The molecule has 0 aliphatic carbocycles. The first-order valence-electron chi connectivity index (χ1n) is 6.92. The molecule has 0 saturated carbocycles. The van der Waals surface area contributed by atoms with Crippen LogP contribution in [0.3, 0.4) is 0 Å². The maximum atomic E-state index is 12.9. The van der Waals surface area contributed by atoms with Gasteiger partial charge in [0.2, 0.25) is 0 Å². The fourth-order valence-electron chi connectivity index (χ4n) is 2.26. The average molecular weight is 354 g/mol. The third-order valence-corrected chi connectivity index (χ3v) is 3.76. The van der Waals surface area contributed by atoms with Gasteiger partial charge in [0.15, 0.2) is 5.76 Å². The van der Waals surface area contributed by atoms with E-state index in [0.29, 0.717) is 5.58 Å². The quantitative estimate of drug-likeness (QED) is 0.645. The van der Waals surface area contributed by atoms with Crippen LogP contribution in [0.25, 0.3) is 11.0 Å². The van der Waals surface area contributed by atoms with E-state index in [-0.39, 0.29) is 11.4 Å². The number of nitrogens with one attached hydrogen (secondary N) is 1. The molecule has 1 N–H and O–H groups in total. The Kier molecular flexibility index (Phi) is 4.01. The molecule has 0 aliphatic rings. The molecule has 124 valence electrons. The Morgan fingerprint density at radius 3 is 2.58 bits per heavy atom. The number of furan rings is 1. The summed E-state index contributed by atoms with van der Waals surface area (Å²) in [5.74, 6) is -0.626. The topological polar surface area (TPSA) is 42.2 Å². The fourth-order valence-corrected chi connectivity index (χ4v) is 2.49. The molecule has 3 nitrogen and oxygen atoms in total. The van der Waals surface area contributed by atoms with E-state index in [1.807, 2.05) is 13.0 Å². The number of benzene rings is 2. The van der Waals surface area contributed by atoms with Crippen LogP contribution in [0.2, 0.25) is 5.02 Å². The van der Waals surface area contributed by atoms with E-state index < -0.39 is 22.7 Å². The van der Waals surface area contributed by atoms with Gasteiger partial charge in [-0.25, -0.2) is 0 Å². The highest BCUT2D eigenvalue weighted by atomic mass is 35.5. The van der Waals surface area contributed by atoms with Gasteiger partial charge in [-0.05, 0) is 42.8 Å². The van der Waals surface area contributed by atoms with Crippen molar-refractivity contribution >= 4 is 34.2 Å². The van der Waals surface area contributed by atoms with Gasteiger partial charge in [-0.3, -0.25) is 4.79 Å². The minimum atomic E-state index is -4.60. The van der Waals surface area contributed by atoms with Gasteiger partial charge >= 0.3 is 6.18 Å². The summed E-state index contributed by atoms with van der Waals surface area (Å²) in [5, 5.41) is 2.69. The number of aryl methyl sites for hydroxylation is 1. The smallest absolute Gasteiger partial charge is 0.417 e. The largest absolute Gasteiger partial charge is 0.451 e. The summed E-state index contributed by atoms with van der Waals surface area (Å²) in [5.41, 5.74) is 0.471. The molecular formula is C17H11ClF3NO2. The van der Waals surface area contributed by atoms with Crippen LogP contribution in [-0.4, -0.2) is 5.91 Å². The Morgan fingerprint density at radius 2 is 1.88 bits per heavy atom. The molecule has 0 unspecified atom stereocenters. The van der Waals surface area contributed by atoms with Crippen LogP contribution in [0.1, 0.15) is 21.7 Å². The highest BCUT2D eigenvalue weighted by molar-refractivity contribution is 6.31. The van der Waals surface area contributed by atoms with Crippen molar-refractivity contribution in [3.05, 3.63) is 64.4 Å². The molecule has 24 heavy (non-hydrogen) atoms. The van der Waals surface area contributed by atoms with E-state index in [2.05, 4.69) is 5.32 Å². The molecule has 0 atom stereocenters. The molecule has 2 aromatic carbocycles. The van der Waals surface area contributed by atoms with Gasteiger partial charge in [-0.15, -0.1) is 0 Å². The maximum Gasteiger partial charge on any atom is 0.417 e. The maximum absolute atomic E-state index is 12.9. The zero-order valence-corrected chi connectivity index (χ0v) is 13.1. The summed E-state index contributed by atoms with van der Waals surface area (Å²) < 4.78 is 44.0. The second kappa shape index (κ2) is 5.87. The van der Waals surface area contributed by atoms with E-state index in [1.165, 1.54) is 12.1 Å². The summed E-state index contributed by atoms with van der Waals surface area (Å²) in [7, 11) is 0. The van der Waals surface area contributed by atoms with E-state index in [9.17, 15) is 18.0 Å². The molecular weight excluding hydrogens is 343 g/mol. The third kappa shape index (κ3) is 3.23. The molecule has 0 saturated heterocycles. The molecule has 0 bridgehead atoms. The standard InChI is InChI=1S/C17H11ClF3NO2/c1-9-2-3-10-7-15(24-14(10)6-9)16(23)22-11-4-5-13(18)12(8-11)17(19,20)21/h2-8H,1H3,(H,22,23). The number of alkyl halides is 3. The minimum Gasteiger partial charge on any atom is -0.451 e. The lowest BCUT2D eigenvalue weighted by molar-refractivity contribution is -0.137. The van der Waals surface area contributed by atoms with Gasteiger partial charge in [0.1, 0.15) is 5.58 Å². The molecule has 7 heteroatoms. The number of anilines is 1. The molecule has 0 fully saturated rings. The molecule has 1 heterocycles. The van der Waals surface area contributed by atoms with Gasteiger partial charge in [0.05, 0.1) is 10.6 Å². The van der Waals surface area contributed by atoms with Gasteiger partial charge in [0.25, 0.3) is 5.91 Å². The van der Waals surface area contributed by atoms with E-state index in [4.69, 9.17) is 16.0 Å². The van der Waals surface area contributed by atoms with Crippen LogP contribution in [0.5, 0.6) is 0 Å². The summed E-state index contributed by atoms with van der Waals surface area (Å²) in [4.78, 5) is 12.2. The number of fused-ring (bicyclic) bond motifs is 1. The molecule has 0 spiro atoms. The number of hydrogen-bond acceptors (Lipinski definition) is 2. The molecule has 1 aromatic heterocycles. The number of amides is 1. The lowest BCUT2D eigenvalue weighted by Crippen LogP contribution is -2.12. The van der Waals surface area contributed by atoms with E-state index >= 15 is 0 Å². The number of hydrogen-bond donors (Lipinski definition) is 1. The Morgan fingerprint density at radius 1 is 1.12 bits per heavy atom. The number of halogens is 4. The summed E-state index contributed by atoms with van der Waals surface area (Å²) in [6.45, 7) is 1.88. The van der Waals surface area contributed by atoms with Gasteiger partial charge < -0.3 is 9.73 Å². The average Bonchev–Trinajstić information content (AvgIpc) is 2.91. The van der Waals surface area contributed by atoms with Crippen molar-refractivity contribution in [2.24, 2.45) is 0 Å². The minimum absolute atomic E-state index is 0.0131. The zero-order chi connectivity index (χ0) is 17.5. The Hall–Kier alpha value is -2.47. The number of rotatable bonds is 2. The first kappa shape index (κ1) is 16.4. The van der Waals surface area contributed by atoms with Crippen LogP contribution in [-0.2, 0) is 6.18 Å². The molecule has 3 aromatic rings. The Balaban J connectivity index is 1.88. The van der Waals surface area contributed by atoms with Crippen LogP contribution in [0.4, 0.5) is 18.9 Å². The van der Waals surface area contributed by atoms with E-state index in [0.717, 1.165) is 23.1 Å². The summed E-state index contributed by atoms with van der Waals surface area (Å²) >= 11 is 5.55. The first-order chi connectivity index (χ1) is 11.2. The Bertz CT molecular complexity index is 931. The predicted molar refractivity (Wildman–Crippen MR) is 85.4 cm³/mol. The SMILES string of the molecule is Cc1ccc2cc(C(=O)Nc3ccc(Cl)c(C(F)(F)F)c3)oc2c1. The van der Waals surface area contributed by atoms with Crippen LogP contribution in [0.15, 0.2) is 46.9 Å². The van der Waals surface area contributed by atoms with Crippen molar-refractivity contribution in [3.63, 3.8) is 0 Å². The Labute approximate surface area is 140 Å². The molecule has 0 aliphatic heterocycles. The lowest BCUT2D eigenvalue weighted by atomic mass is 10.2. The van der Waals surface area contributed by atoms with Gasteiger partial charge in [-0.2, -0.15) is 13.2 Å². The highest BCUT2D eigenvalue weighted by Crippen LogP contribution is 2.36. The van der Waals surface area contributed by atoms with Crippen LogP contribution < -0.4 is 5.32 Å². The second-order valence-electron chi connectivity index (χ2n) is 5.30. The van der Waals surface area contributed by atoms with Crippen molar-refractivity contribution < 1.29 is 22.4 Å². The summed E-state index contributed by atoms with van der Waals surface area (Å²) in [6.07, 6.45) is -4.60. The van der Waals surface area contributed by atoms with Crippen LogP contribution >= 0.6 is 11.6 Å². The molecule has 1 amide bonds.